The van der Waals surface area contributed by atoms with Crippen molar-refractivity contribution >= 4 is 17.1 Å². The number of H-pyrrole nitrogens is 1. The Morgan fingerprint density at radius 2 is 2.11 bits per heavy atom. The Hall–Kier alpha value is -3.16. The fourth-order valence-corrected chi connectivity index (χ4v) is 3.67. The van der Waals surface area contributed by atoms with E-state index >= 15 is 0 Å². The molecule has 2 heterocycles. The number of aromatic carboxylic acids is 1. The quantitative estimate of drug-likeness (QED) is 0.673. The molecule has 146 valence electrons. The first-order valence-corrected chi connectivity index (χ1v) is 9.58. The largest absolute Gasteiger partial charge is 0.478 e. The number of carboxylic acids is 1. The summed E-state index contributed by atoms with van der Waals surface area (Å²) in [5.74, 6) is 0.408. The topological polar surface area (TPSA) is 110 Å². The Bertz CT molecular complexity index is 1080. The first-order valence-electron chi connectivity index (χ1n) is 9.58. The van der Waals surface area contributed by atoms with Gasteiger partial charge in [-0.1, -0.05) is 25.8 Å². The van der Waals surface area contributed by atoms with Crippen molar-refractivity contribution < 1.29 is 14.6 Å². The van der Waals surface area contributed by atoms with Crippen LogP contribution < -0.4 is 10.3 Å². The highest BCUT2D eigenvalue weighted by molar-refractivity contribution is 5.88. The van der Waals surface area contributed by atoms with Gasteiger partial charge in [0.15, 0.2) is 11.2 Å². The molecule has 0 aliphatic heterocycles. The molecule has 1 aliphatic carbocycles. The molecule has 0 bridgehead atoms. The van der Waals surface area contributed by atoms with Gasteiger partial charge in [0.05, 0.1) is 5.56 Å². The van der Waals surface area contributed by atoms with Gasteiger partial charge in [-0.2, -0.15) is 4.98 Å². The second-order valence-electron chi connectivity index (χ2n) is 7.09. The number of carboxylic acid groups (broad SMARTS) is 1. The number of hydrogen-bond acceptors (Lipinski definition) is 5. The molecule has 1 aliphatic rings. The molecule has 2 N–H and O–H groups in total. The lowest BCUT2D eigenvalue weighted by molar-refractivity contribution is 0.0696. The maximum absolute atomic E-state index is 13.0. The predicted molar refractivity (Wildman–Crippen MR) is 103 cm³/mol. The third-order valence-electron chi connectivity index (χ3n) is 5.07. The smallest absolute Gasteiger partial charge is 0.335 e. The number of aromatic nitrogens is 4. The molecule has 0 saturated heterocycles. The average Bonchev–Trinajstić information content (AvgIpc) is 3.34. The van der Waals surface area contributed by atoms with Crippen LogP contribution in [0.15, 0.2) is 29.1 Å². The summed E-state index contributed by atoms with van der Waals surface area (Å²) in [7, 11) is 0. The van der Waals surface area contributed by atoms with Gasteiger partial charge in [-0.05, 0) is 37.5 Å². The van der Waals surface area contributed by atoms with Crippen LogP contribution in [0.25, 0.3) is 11.2 Å². The molecule has 0 atom stereocenters. The minimum atomic E-state index is -1.05. The van der Waals surface area contributed by atoms with Gasteiger partial charge in [0, 0.05) is 12.5 Å². The summed E-state index contributed by atoms with van der Waals surface area (Å²) in [6, 6.07) is 6.22. The number of nitrogens with one attached hydrogen (secondary N) is 1. The molecular weight excluding hydrogens is 360 g/mol. The van der Waals surface area contributed by atoms with Crippen molar-refractivity contribution in [3.63, 3.8) is 0 Å². The van der Waals surface area contributed by atoms with E-state index in [0.29, 0.717) is 29.4 Å². The molecule has 3 aromatic rings. The van der Waals surface area contributed by atoms with Crippen LogP contribution in [-0.4, -0.2) is 30.6 Å². The van der Waals surface area contributed by atoms with Crippen LogP contribution in [0.5, 0.6) is 11.8 Å². The van der Waals surface area contributed by atoms with Crippen LogP contribution in [0.3, 0.4) is 0 Å². The van der Waals surface area contributed by atoms with E-state index in [1.807, 2.05) is 6.92 Å². The van der Waals surface area contributed by atoms with Crippen molar-refractivity contribution in [1.82, 2.24) is 19.5 Å². The standard InChI is InChI=1S/C20H22N4O4/c1-2-10-24-18(25)15-17(22-16(21-15)12-6-3-4-7-12)23-20(24)28-14-9-5-8-13(11-14)19(26)27/h5,8-9,11-12H,2-4,6-7,10H2,1H3,(H,21,22)(H,26,27). The number of aromatic amines is 1. The van der Waals surface area contributed by atoms with Gasteiger partial charge in [0.1, 0.15) is 11.6 Å². The van der Waals surface area contributed by atoms with Crippen LogP contribution in [0.2, 0.25) is 0 Å². The monoisotopic (exact) mass is 382 g/mol. The van der Waals surface area contributed by atoms with Crippen molar-refractivity contribution in [3.8, 4) is 11.8 Å². The zero-order valence-electron chi connectivity index (χ0n) is 15.6. The summed E-state index contributed by atoms with van der Waals surface area (Å²) in [6.07, 6.45) is 5.19. The number of benzene rings is 1. The molecule has 2 aromatic heterocycles. The molecule has 1 fully saturated rings. The maximum atomic E-state index is 13.0. The predicted octanol–water partition coefficient (Wildman–Crippen LogP) is 3.68. The molecule has 28 heavy (non-hydrogen) atoms. The summed E-state index contributed by atoms with van der Waals surface area (Å²) in [5, 5.41) is 9.17. The second-order valence-corrected chi connectivity index (χ2v) is 7.09. The van der Waals surface area contributed by atoms with E-state index in [-0.39, 0.29) is 17.1 Å². The van der Waals surface area contributed by atoms with Gasteiger partial charge in [0.25, 0.3) is 5.56 Å². The van der Waals surface area contributed by atoms with Crippen molar-refractivity contribution in [3.05, 3.63) is 46.0 Å². The van der Waals surface area contributed by atoms with Crippen LogP contribution in [-0.2, 0) is 6.54 Å². The number of rotatable bonds is 6. The van der Waals surface area contributed by atoms with Crippen molar-refractivity contribution in [1.29, 1.82) is 0 Å². The third kappa shape index (κ3) is 3.37. The van der Waals surface area contributed by atoms with Crippen LogP contribution >= 0.6 is 0 Å². The number of fused-ring (bicyclic) bond motifs is 1. The summed E-state index contributed by atoms with van der Waals surface area (Å²) in [6.45, 7) is 2.40. The lowest BCUT2D eigenvalue weighted by atomic mass is 10.1. The summed E-state index contributed by atoms with van der Waals surface area (Å²) < 4.78 is 7.28. The zero-order chi connectivity index (χ0) is 19.7. The average molecular weight is 382 g/mol. The molecule has 8 heteroatoms. The number of imidazole rings is 1. The molecule has 0 amide bonds. The van der Waals surface area contributed by atoms with Crippen molar-refractivity contribution in [2.75, 3.05) is 0 Å². The minimum absolute atomic E-state index is 0.103. The van der Waals surface area contributed by atoms with E-state index in [2.05, 4.69) is 15.0 Å². The van der Waals surface area contributed by atoms with Crippen LogP contribution in [0, 0.1) is 0 Å². The van der Waals surface area contributed by atoms with E-state index in [9.17, 15) is 9.59 Å². The number of nitrogens with zero attached hydrogens (tertiary/aromatic N) is 3. The molecule has 1 saturated carbocycles. The summed E-state index contributed by atoms with van der Waals surface area (Å²) >= 11 is 0. The number of carbonyl (C=O) groups is 1. The maximum Gasteiger partial charge on any atom is 0.335 e. The van der Waals surface area contributed by atoms with Crippen molar-refractivity contribution in [2.24, 2.45) is 0 Å². The van der Waals surface area contributed by atoms with Crippen LogP contribution in [0.1, 0.15) is 61.1 Å². The van der Waals surface area contributed by atoms with Gasteiger partial charge in [0.2, 0.25) is 0 Å². The number of hydrogen-bond donors (Lipinski definition) is 2. The fourth-order valence-electron chi connectivity index (χ4n) is 3.67. The van der Waals surface area contributed by atoms with Gasteiger partial charge in [-0.25, -0.2) is 9.78 Å². The molecule has 8 nitrogen and oxygen atoms in total. The normalized spacial score (nSPS) is 14.6. The van der Waals surface area contributed by atoms with Gasteiger partial charge in [-0.15, -0.1) is 0 Å². The molecule has 0 unspecified atom stereocenters. The van der Waals surface area contributed by atoms with E-state index in [0.717, 1.165) is 25.1 Å². The number of ether oxygens (including phenoxy) is 1. The molecule has 0 spiro atoms. The van der Waals surface area contributed by atoms with Crippen molar-refractivity contribution in [2.45, 2.75) is 51.5 Å². The Morgan fingerprint density at radius 1 is 1.32 bits per heavy atom. The van der Waals surface area contributed by atoms with Gasteiger partial charge in [-0.3, -0.25) is 9.36 Å². The van der Waals surface area contributed by atoms with Gasteiger partial charge < -0.3 is 14.8 Å². The molecular formula is C20H22N4O4. The molecule has 4 rings (SSSR count). The SMILES string of the molecule is CCCn1c(Oc2cccc(C(=O)O)c2)nc2nc(C3CCCC3)[nH]c2c1=O. The molecule has 0 radical (unpaired) electrons. The first kappa shape index (κ1) is 18.2. The zero-order valence-corrected chi connectivity index (χ0v) is 15.6. The fraction of sp³-hybridized carbons (Fsp3) is 0.400. The Balaban J connectivity index is 1.77. The van der Waals surface area contributed by atoms with E-state index in [1.165, 1.54) is 29.5 Å². The van der Waals surface area contributed by atoms with Crippen LogP contribution in [0.4, 0.5) is 0 Å². The Morgan fingerprint density at radius 3 is 2.82 bits per heavy atom. The highest BCUT2D eigenvalue weighted by Crippen LogP contribution is 2.33. The van der Waals surface area contributed by atoms with E-state index in [1.54, 1.807) is 12.1 Å². The van der Waals surface area contributed by atoms with E-state index in [4.69, 9.17) is 9.84 Å². The Kier molecular flexibility index (Phi) is 4.85. The third-order valence-corrected chi connectivity index (χ3v) is 5.07. The van der Waals surface area contributed by atoms with Gasteiger partial charge >= 0.3 is 12.0 Å². The Labute approximate surface area is 161 Å². The molecule has 1 aromatic carbocycles. The highest BCUT2D eigenvalue weighted by atomic mass is 16.5. The highest BCUT2D eigenvalue weighted by Gasteiger charge is 2.23. The lowest BCUT2D eigenvalue weighted by Crippen LogP contribution is -2.23. The summed E-state index contributed by atoms with van der Waals surface area (Å²) in [5.41, 5.74) is 0.602. The summed E-state index contributed by atoms with van der Waals surface area (Å²) in [4.78, 5) is 36.4. The first-order chi connectivity index (χ1) is 13.6. The van der Waals surface area contributed by atoms with E-state index < -0.39 is 5.97 Å². The second kappa shape index (κ2) is 7.46. The lowest BCUT2D eigenvalue weighted by Gasteiger charge is -2.11. The minimum Gasteiger partial charge on any atom is -0.478 e.